The first kappa shape index (κ1) is 18.0. The molecule has 24 heavy (non-hydrogen) atoms. The number of amides is 1. The Kier molecular flexibility index (Phi) is 6.38. The molecule has 2 rings (SSSR count). The topological polar surface area (TPSA) is 55.4 Å². The standard InChI is InChI=1S/C19H20ClNO3/c1-3-24-19(23)15-8-6-10-17(13(15)2)21-18(22)12-11-14-7-4-5-9-16(14)20/h4-10H,3,11-12H2,1-2H3,(H,21,22). The van der Waals surface area contributed by atoms with E-state index in [-0.39, 0.29) is 11.9 Å². The highest BCUT2D eigenvalue weighted by atomic mass is 35.5. The first-order chi connectivity index (χ1) is 11.5. The van der Waals surface area contributed by atoms with Crippen molar-refractivity contribution in [2.24, 2.45) is 0 Å². The molecular weight excluding hydrogens is 326 g/mol. The molecule has 0 fully saturated rings. The van der Waals surface area contributed by atoms with Crippen molar-refractivity contribution in [1.29, 1.82) is 0 Å². The number of ether oxygens (including phenoxy) is 1. The van der Waals surface area contributed by atoms with Crippen LogP contribution in [-0.2, 0) is 16.0 Å². The molecule has 0 aliphatic carbocycles. The average molecular weight is 346 g/mol. The van der Waals surface area contributed by atoms with Gasteiger partial charge in [-0.1, -0.05) is 35.9 Å². The number of hydrogen-bond acceptors (Lipinski definition) is 3. The number of halogens is 1. The maximum atomic E-state index is 12.2. The monoisotopic (exact) mass is 345 g/mol. The van der Waals surface area contributed by atoms with E-state index in [1.54, 1.807) is 32.0 Å². The molecule has 126 valence electrons. The normalized spacial score (nSPS) is 10.3. The van der Waals surface area contributed by atoms with Gasteiger partial charge >= 0.3 is 5.97 Å². The minimum atomic E-state index is -0.387. The van der Waals surface area contributed by atoms with Gasteiger partial charge in [-0.05, 0) is 49.6 Å². The maximum Gasteiger partial charge on any atom is 0.338 e. The SMILES string of the molecule is CCOC(=O)c1cccc(NC(=O)CCc2ccccc2Cl)c1C. The predicted molar refractivity (Wildman–Crippen MR) is 95.5 cm³/mol. The number of esters is 1. The molecule has 0 saturated carbocycles. The second kappa shape index (κ2) is 8.50. The van der Waals surface area contributed by atoms with E-state index in [2.05, 4.69) is 5.32 Å². The molecule has 0 radical (unpaired) electrons. The Balaban J connectivity index is 2.03. The fourth-order valence-electron chi connectivity index (χ4n) is 2.36. The number of hydrogen-bond donors (Lipinski definition) is 1. The molecule has 4 nitrogen and oxygen atoms in total. The molecule has 0 aromatic heterocycles. The van der Waals surface area contributed by atoms with Crippen LogP contribution in [0.4, 0.5) is 5.69 Å². The molecular formula is C19H20ClNO3. The number of carbonyl (C=O) groups is 2. The van der Waals surface area contributed by atoms with E-state index in [4.69, 9.17) is 16.3 Å². The van der Waals surface area contributed by atoms with Crippen LogP contribution in [0.1, 0.15) is 34.8 Å². The zero-order valence-corrected chi connectivity index (χ0v) is 14.5. The Hall–Kier alpha value is -2.33. The molecule has 0 aliphatic rings. The highest BCUT2D eigenvalue weighted by Gasteiger charge is 2.14. The smallest absolute Gasteiger partial charge is 0.338 e. The van der Waals surface area contributed by atoms with Crippen molar-refractivity contribution in [1.82, 2.24) is 0 Å². The van der Waals surface area contributed by atoms with Crippen molar-refractivity contribution in [2.75, 3.05) is 11.9 Å². The summed E-state index contributed by atoms with van der Waals surface area (Å²) in [5.41, 5.74) is 2.71. The fourth-order valence-corrected chi connectivity index (χ4v) is 2.59. The summed E-state index contributed by atoms with van der Waals surface area (Å²) in [4.78, 5) is 24.1. The zero-order chi connectivity index (χ0) is 17.5. The third-order valence-corrected chi connectivity index (χ3v) is 4.05. The van der Waals surface area contributed by atoms with Crippen molar-refractivity contribution in [3.8, 4) is 0 Å². The molecule has 1 amide bonds. The van der Waals surface area contributed by atoms with E-state index in [1.807, 2.05) is 24.3 Å². The van der Waals surface area contributed by atoms with E-state index in [0.717, 1.165) is 5.56 Å². The summed E-state index contributed by atoms with van der Waals surface area (Å²) in [5, 5.41) is 3.51. The van der Waals surface area contributed by atoms with Gasteiger partial charge in [0.25, 0.3) is 0 Å². The lowest BCUT2D eigenvalue weighted by Gasteiger charge is -2.12. The van der Waals surface area contributed by atoms with Crippen molar-refractivity contribution in [3.63, 3.8) is 0 Å². The van der Waals surface area contributed by atoms with Gasteiger partial charge in [0.1, 0.15) is 0 Å². The van der Waals surface area contributed by atoms with Gasteiger partial charge in [0, 0.05) is 17.1 Å². The first-order valence-electron chi connectivity index (χ1n) is 7.83. The number of rotatable bonds is 6. The fraction of sp³-hybridized carbons (Fsp3) is 0.263. The Morgan fingerprint density at radius 1 is 1.12 bits per heavy atom. The van der Waals surface area contributed by atoms with E-state index >= 15 is 0 Å². The molecule has 2 aromatic carbocycles. The zero-order valence-electron chi connectivity index (χ0n) is 13.8. The summed E-state index contributed by atoms with van der Waals surface area (Å²) in [6, 6.07) is 12.6. The molecule has 0 spiro atoms. The summed E-state index contributed by atoms with van der Waals surface area (Å²) in [7, 11) is 0. The molecule has 0 atom stereocenters. The van der Waals surface area contributed by atoms with Crippen LogP contribution in [0.5, 0.6) is 0 Å². The van der Waals surface area contributed by atoms with Crippen molar-refractivity contribution in [2.45, 2.75) is 26.7 Å². The molecule has 0 unspecified atom stereocenters. The summed E-state index contributed by atoms with van der Waals surface area (Å²) in [5.74, 6) is -0.513. The van der Waals surface area contributed by atoms with Gasteiger partial charge in [-0.3, -0.25) is 4.79 Å². The van der Waals surface area contributed by atoms with Gasteiger partial charge in [0.2, 0.25) is 5.91 Å². The van der Waals surface area contributed by atoms with Gasteiger partial charge < -0.3 is 10.1 Å². The highest BCUT2D eigenvalue weighted by Crippen LogP contribution is 2.21. The number of aryl methyl sites for hydroxylation is 1. The number of nitrogens with one attached hydrogen (secondary N) is 1. The third-order valence-electron chi connectivity index (χ3n) is 3.68. The van der Waals surface area contributed by atoms with Gasteiger partial charge in [-0.15, -0.1) is 0 Å². The van der Waals surface area contributed by atoms with Crippen molar-refractivity contribution in [3.05, 3.63) is 64.2 Å². The largest absolute Gasteiger partial charge is 0.462 e. The van der Waals surface area contributed by atoms with Gasteiger partial charge in [0.15, 0.2) is 0 Å². The predicted octanol–water partition coefficient (Wildman–Crippen LogP) is 4.40. The Labute approximate surface area is 146 Å². The van der Waals surface area contributed by atoms with Crippen LogP contribution >= 0.6 is 11.6 Å². The molecule has 2 aromatic rings. The second-order valence-corrected chi connectivity index (χ2v) is 5.75. The first-order valence-corrected chi connectivity index (χ1v) is 8.20. The van der Waals surface area contributed by atoms with Crippen LogP contribution in [0.25, 0.3) is 0 Å². The van der Waals surface area contributed by atoms with E-state index < -0.39 is 0 Å². The lowest BCUT2D eigenvalue weighted by molar-refractivity contribution is -0.116. The van der Waals surface area contributed by atoms with Crippen LogP contribution in [0.15, 0.2) is 42.5 Å². The van der Waals surface area contributed by atoms with Gasteiger partial charge in [-0.2, -0.15) is 0 Å². The third kappa shape index (κ3) is 4.59. The molecule has 0 heterocycles. The summed E-state index contributed by atoms with van der Waals surface area (Å²) >= 11 is 6.10. The Morgan fingerprint density at radius 3 is 2.58 bits per heavy atom. The molecule has 1 N–H and O–H groups in total. The minimum Gasteiger partial charge on any atom is -0.462 e. The summed E-state index contributed by atoms with van der Waals surface area (Å²) < 4.78 is 5.02. The van der Waals surface area contributed by atoms with Crippen molar-refractivity contribution >= 4 is 29.2 Å². The summed E-state index contributed by atoms with van der Waals surface area (Å²) in [6.45, 7) is 3.86. The molecule has 5 heteroatoms. The number of anilines is 1. The average Bonchev–Trinajstić information content (AvgIpc) is 2.56. The highest BCUT2D eigenvalue weighted by molar-refractivity contribution is 6.31. The van der Waals surface area contributed by atoms with Crippen LogP contribution in [0.2, 0.25) is 5.02 Å². The summed E-state index contributed by atoms with van der Waals surface area (Å²) in [6.07, 6.45) is 0.870. The maximum absolute atomic E-state index is 12.2. The Bertz CT molecular complexity index is 743. The number of carbonyl (C=O) groups excluding carboxylic acids is 2. The molecule has 0 bridgehead atoms. The van der Waals surface area contributed by atoms with Crippen LogP contribution < -0.4 is 5.32 Å². The van der Waals surface area contributed by atoms with E-state index in [9.17, 15) is 9.59 Å². The Morgan fingerprint density at radius 2 is 1.88 bits per heavy atom. The molecule has 0 aliphatic heterocycles. The van der Waals surface area contributed by atoms with Crippen LogP contribution in [0.3, 0.4) is 0 Å². The molecule has 0 saturated heterocycles. The van der Waals surface area contributed by atoms with Gasteiger partial charge in [-0.25, -0.2) is 4.79 Å². The van der Waals surface area contributed by atoms with Crippen molar-refractivity contribution < 1.29 is 14.3 Å². The van der Waals surface area contributed by atoms with Crippen LogP contribution in [-0.4, -0.2) is 18.5 Å². The minimum absolute atomic E-state index is 0.126. The van der Waals surface area contributed by atoms with E-state index in [0.29, 0.717) is 41.3 Å². The lowest BCUT2D eigenvalue weighted by Crippen LogP contribution is -2.15. The van der Waals surface area contributed by atoms with Crippen LogP contribution in [0, 0.1) is 6.92 Å². The quantitative estimate of drug-likeness (QED) is 0.789. The lowest BCUT2D eigenvalue weighted by atomic mass is 10.1. The second-order valence-electron chi connectivity index (χ2n) is 5.34. The number of benzene rings is 2. The van der Waals surface area contributed by atoms with E-state index in [1.165, 1.54) is 0 Å². The van der Waals surface area contributed by atoms with Gasteiger partial charge in [0.05, 0.1) is 12.2 Å².